The number of aldehydes is 1. The van der Waals surface area contributed by atoms with Gasteiger partial charge in [0.05, 0.1) is 11.2 Å². The zero-order valence-electron chi connectivity index (χ0n) is 9.27. The maximum absolute atomic E-state index is 12.9. The fraction of sp³-hybridized carbons (Fsp3) is 0.0769. The quantitative estimate of drug-likeness (QED) is 0.797. The Morgan fingerprint density at radius 1 is 1.33 bits per heavy atom. The summed E-state index contributed by atoms with van der Waals surface area (Å²) < 4.78 is 18.4. The van der Waals surface area contributed by atoms with Crippen molar-refractivity contribution in [1.29, 1.82) is 0 Å². The second kappa shape index (κ2) is 5.60. The van der Waals surface area contributed by atoms with Crippen molar-refractivity contribution < 1.29 is 13.9 Å². The van der Waals surface area contributed by atoms with E-state index in [4.69, 9.17) is 16.3 Å². The molecule has 3 nitrogen and oxygen atoms in total. The highest BCUT2D eigenvalue weighted by Gasteiger charge is 2.02. The van der Waals surface area contributed by atoms with Gasteiger partial charge in [0.1, 0.15) is 23.9 Å². The molecule has 1 heterocycles. The number of hydrogen-bond acceptors (Lipinski definition) is 3. The molecular formula is C13H9ClFNO2. The lowest BCUT2D eigenvalue weighted by Crippen LogP contribution is -1.97. The first-order valence-electron chi connectivity index (χ1n) is 5.17. The van der Waals surface area contributed by atoms with Gasteiger partial charge in [-0.2, -0.15) is 0 Å². The fourth-order valence-corrected chi connectivity index (χ4v) is 1.55. The smallest absolute Gasteiger partial charge is 0.168 e. The van der Waals surface area contributed by atoms with Gasteiger partial charge < -0.3 is 4.74 Å². The average Bonchev–Trinajstić information content (AvgIpc) is 2.41. The van der Waals surface area contributed by atoms with Gasteiger partial charge >= 0.3 is 0 Å². The van der Waals surface area contributed by atoms with Crippen LogP contribution in [0.5, 0.6) is 5.75 Å². The summed E-state index contributed by atoms with van der Waals surface area (Å²) in [5.74, 6) is 0.0680. The molecule has 0 saturated carbocycles. The molecule has 0 amide bonds. The SMILES string of the molecule is O=Cc1ccc(OCc2ccc(F)c(Cl)c2)cn1. The summed E-state index contributed by atoms with van der Waals surface area (Å²) in [7, 11) is 0. The van der Waals surface area contributed by atoms with Gasteiger partial charge in [-0.3, -0.25) is 4.79 Å². The van der Waals surface area contributed by atoms with Gasteiger partial charge in [-0.05, 0) is 29.8 Å². The van der Waals surface area contributed by atoms with Gasteiger partial charge in [0.2, 0.25) is 0 Å². The van der Waals surface area contributed by atoms with Crippen molar-refractivity contribution in [1.82, 2.24) is 4.98 Å². The molecule has 1 aromatic heterocycles. The highest BCUT2D eigenvalue weighted by molar-refractivity contribution is 6.30. The van der Waals surface area contributed by atoms with Crippen molar-refractivity contribution in [3.63, 3.8) is 0 Å². The third-order valence-electron chi connectivity index (χ3n) is 2.27. The molecule has 0 fully saturated rings. The summed E-state index contributed by atoms with van der Waals surface area (Å²) in [5, 5.41) is 0.0607. The fourth-order valence-electron chi connectivity index (χ4n) is 1.34. The number of hydrogen-bond donors (Lipinski definition) is 0. The highest BCUT2D eigenvalue weighted by atomic mass is 35.5. The first-order valence-corrected chi connectivity index (χ1v) is 5.55. The second-order valence-electron chi connectivity index (χ2n) is 3.57. The molecule has 5 heteroatoms. The molecule has 0 saturated heterocycles. The van der Waals surface area contributed by atoms with E-state index in [-0.39, 0.29) is 11.6 Å². The van der Waals surface area contributed by atoms with Crippen molar-refractivity contribution >= 4 is 17.9 Å². The molecule has 0 aliphatic carbocycles. The molecule has 2 aromatic rings. The summed E-state index contributed by atoms with van der Waals surface area (Å²) in [5.41, 5.74) is 1.09. The van der Waals surface area contributed by atoms with Gasteiger partial charge in [0.15, 0.2) is 6.29 Å². The van der Waals surface area contributed by atoms with E-state index in [2.05, 4.69) is 4.98 Å². The van der Waals surface area contributed by atoms with Crippen LogP contribution in [0.2, 0.25) is 5.02 Å². The lowest BCUT2D eigenvalue weighted by molar-refractivity contribution is 0.111. The van der Waals surface area contributed by atoms with Crippen LogP contribution in [0.4, 0.5) is 4.39 Å². The second-order valence-corrected chi connectivity index (χ2v) is 3.98. The third-order valence-corrected chi connectivity index (χ3v) is 2.56. The first kappa shape index (κ1) is 12.5. The summed E-state index contributed by atoms with van der Waals surface area (Å²) in [4.78, 5) is 14.3. The molecule has 92 valence electrons. The van der Waals surface area contributed by atoms with Gasteiger partial charge in [-0.1, -0.05) is 17.7 Å². The Kier molecular flexibility index (Phi) is 3.89. The van der Waals surface area contributed by atoms with Crippen molar-refractivity contribution in [2.75, 3.05) is 0 Å². The summed E-state index contributed by atoms with van der Waals surface area (Å²) in [6.07, 6.45) is 2.11. The summed E-state index contributed by atoms with van der Waals surface area (Å²) >= 11 is 5.65. The third kappa shape index (κ3) is 3.05. The van der Waals surface area contributed by atoms with Crippen LogP contribution in [0.25, 0.3) is 0 Å². The Bertz CT molecular complexity index is 557. The normalized spacial score (nSPS) is 10.1. The van der Waals surface area contributed by atoms with Crippen LogP contribution in [0.15, 0.2) is 36.5 Å². The van der Waals surface area contributed by atoms with E-state index in [0.717, 1.165) is 5.56 Å². The van der Waals surface area contributed by atoms with E-state index in [1.807, 2.05) is 0 Å². The Hall–Kier alpha value is -1.94. The number of halogens is 2. The molecule has 18 heavy (non-hydrogen) atoms. The molecule has 0 aliphatic rings. The predicted octanol–water partition coefficient (Wildman–Crippen LogP) is 3.27. The minimum absolute atomic E-state index is 0.0607. The molecule has 0 spiro atoms. The number of benzene rings is 1. The van der Waals surface area contributed by atoms with Gasteiger partial charge in [0.25, 0.3) is 0 Å². The van der Waals surface area contributed by atoms with Crippen molar-refractivity contribution in [3.05, 3.63) is 58.6 Å². The largest absolute Gasteiger partial charge is 0.487 e. The topological polar surface area (TPSA) is 39.2 Å². The maximum atomic E-state index is 12.9. The molecule has 0 bridgehead atoms. The van der Waals surface area contributed by atoms with E-state index in [1.165, 1.54) is 18.3 Å². The molecule has 0 radical (unpaired) electrons. The molecule has 0 atom stereocenters. The van der Waals surface area contributed by atoms with Crippen molar-refractivity contribution in [2.24, 2.45) is 0 Å². The number of carbonyl (C=O) groups excluding carboxylic acids is 1. The maximum Gasteiger partial charge on any atom is 0.168 e. The minimum Gasteiger partial charge on any atom is -0.487 e. The van der Waals surface area contributed by atoms with Gasteiger partial charge in [0, 0.05) is 0 Å². The summed E-state index contributed by atoms with van der Waals surface area (Å²) in [6.45, 7) is 0.252. The van der Waals surface area contributed by atoms with Crippen LogP contribution in [0.1, 0.15) is 16.1 Å². The number of nitrogens with zero attached hydrogens (tertiary/aromatic N) is 1. The van der Waals surface area contributed by atoms with Crippen molar-refractivity contribution in [2.45, 2.75) is 6.61 Å². The standard InChI is InChI=1S/C13H9ClFNO2/c14-12-5-9(1-4-13(12)15)8-18-11-3-2-10(7-17)16-6-11/h1-7H,8H2. The van der Waals surface area contributed by atoms with Crippen LogP contribution < -0.4 is 4.74 Å². The zero-order valence-corrected chi connectivity index (χ0v) is 10.0. The molecule has 1 aromatic carbocycles. The Labute approximate surface area is 108 Å². The Morgan fingerprint density at radius 2 is 2.17 bits per heavy atom. The van der Waals surface area contributed by atoms with Gasteiger partial charge in [-0.15, -0.1) is 0 Å². The van der Waals surface area contributed by atoms with E-state index in [9.17, 15) is 9.18 Å². The van der Waals surface area contributed by atoms with E-state index < -0.39 is 5.82 Å². The average molecular weight is 266 g/mol. The van der Waals surface area contributed by atoms with Crippen molar-refractivity contribution in [3.8, 4) is 5.75 Å². The predicted molar refractivity (Wildman–Crippen MR) is 65.4 cm³/mol. The highest BCUT2D eigenvalue weighted by Crippen LogP contribution is 2.17. The number of aromatic nitrogens is 1. The Morgan fingerprint density at radius 3 is 2.78 bits per heavy atom. The number of ether oxygens (including phenoxy) is 1. The number of pyridine rings is 1. The van der Waals surface area contributed by atoms with Gasteiger partial charge in [-0.25, -0.2) is 9.37 Å². The molecular weight excluding hydrogens is 257 g/mol. The first-order chi connectivity index (χ1) is 8.69. The van der Waals surface area contributed by atoms with E-state index in [0.29, 0.717) is 17.7 Å². The number of carbonyl (C=O) groups is 1. The van der Waals surface area contributed by atoms with Crippen LogP contribution >= 0.6 is 11.6 Å². The van der Waals surface area contributed by atoms with Crippen LogP contribution in [-0.2, 0) is 6.61 Å². The van der Waals surface area contributed by atoms with Crippen LogP contribution in [0, 0.1) is 5.82 Å². The number of rotatable bonds is 4. The minimum atomic E-state index is -0.461. The lowest BCUT2D eigenvalue weighted by Gasteiger charge is -2.06. The molecule has 0 aliphatic heterocycles. The van der Waals surface area contributed by atoms with E-state index >= 15 is 0 Å². The lowest BCUT2D eigenvalue weighted by atomic mass is 10.2. The van der Waals surface area contributed by atoms with Crippen LogP contribution in [0.3, 0.4) is 0 Å². The Balaban J connectivity index is 2.01. The monoisotopic (exact) mass is 265 g/mol. The van der Waals surface area contributed by atoms with Crippen LogP contribution in [-0.4, -0.2) is 11.3 Å². The summed E-state index contributed by atoms with van der Waals surface area (Å²) in [6, 6.07) is 7.58. The van der Waals surface area contributed by atoms with E-state index in [1.54, 1.807) is 18.2 Å². The molecule has 2 rings (SSSR count). The zero-order chi connectivity index (χ0) is 13.0. The molecule has 0 unspecified atom stereocenters. The molecule has 0 N–H and O–H groups in total.